The van der Waals surface area contributed by atoms with Gasteiger partial charge in [0, 0.05) is 0 Å². The molecule has 0 amide bonds. The van der Waals surface area contributed by atoms with Crippen LogP contribution in [0.5, 0.6) is 0 Å². The summed E-state index contributed by atoms with van der Waals surface area (Å²) in [5.41, 5.74) is 0. The number of hydrogen-bond acceptors (Lipinski definition) is 11. The molecule has 0 atom stereocenters. The second-order valence-electron chi connectivity index (χ2n) is 1.64. The Morgan fingerprint density at radius 2 is 0.882 bits per heavy atom. The van der Waals surface area contributed by atoms with E-state index >= 15 is 0 Å². The zero-order valence-electron chi connectivity index (χ0n) is 7.39. The fourth-order valence-corrected chi connectivity index (χ4v) is 14.2. The fraction of sp³-hybridized carbons (Fsp3) is 0. The van der Waals surface area contributed by atoms with Crippen molar-refractivity contribution in [2.75, 3.05) is 0 Å². The Kier molecular flexibility index (Phi) is 15.4. The molecule has 0 saturated heterocycles. The van der Waals surface area contributed by atoms with Crippen molar-refractivity contribution in [3.63, 3.8) is 0 Å². The van der Waals surface area contributed by atoms with E-state index in [-0.39, 0.29) is 0 Å². The average Bonchev–Trinajstić information content (AvgIpc) is 2.16. The van der Waals surface area contributed by atoms with Crippen LogP contribution in [0.25, 0.3) is 0 Å². The van der Waals surface area contributed by atoms with Crippen molar-refractivity contribution >= 4 is 47.4 Å². The first-order chi connectivity index (χ1) is 7.99. The van der Waals surface area contributed by atoms with Crippen molar-refractivity contribution in [1.29, 1.82) is 0 Å². The van der Waals surface area contributed by atoms with E-state index in [0.717, 1.165) is 0 Å². The van der Waals surface area contributed by atoms with Crippen LogP contribution in [0.2, 0.25) is 0 Å². The average molecular weight is 785 g/mol. The summed E-state index contributed by atoms with van der Waals surface area (Å²) in [6, 6.07) is 0. The van der Waals surface area contributed by atoms with E-state index in [1.807, 2.05) is 0 Å². The van der Waals surface area contributed by atoms with Gasteiger partial charge in [-0.2, -0.15) is 0 Å². The van der Waals surface area contributed by atoms with Crippen LogP contribution in [0, 0.1) is 0 Å². The second-order valence-corrected chi connectivity index (χ2v) is 17.2. The molecular weight excluding hydrogens is 785 g/mol. The van der Waals surface area contributed by atoms with Crippen LogP contribution < -0.4 is 0 Å². The molecule has 0 heterocycles. The molecule has 0 fully saturated rings. The van der Waals surface area contributed by atoms with Crippen molar-refractivity contribution in [2.45, 2.75) is 0 Å². The van der Waals surface area contributed by atoms with E-state index in [2.05, 4.69) is 8.49 Å². The van der Waals surface area contributed by atoms with Crippen molar-refractivity contribution in [3.05, 3.63) is 0 Å². The third-order valence-electron chi connectivity index (χ3n) is 0.724. The molecule has 0 aliphatic heterocycles. The van der Waals surface area contributed by atoms with E-state index in [1.54, 1.807) is 0 Å². The SMILES string of the molecule is [O]=[Bi][O][Ti](=[O])[O][Ti](=[O])[O][Ti](=[O])[O][Ti](=[O])[O][Bi]=[O]. The third kappa shape index (κ3) is 12.7. The Hall–Kier alpha value is 3.22. The van der Waals surface area contributed by atoms with Crippen LogP contribution in [-0.2, 0) is 102 Å². The predicted octanol–water partition coefficient (Wildman–Crippen LogP) is -1.83. The summed E-state index contributed by atoms with van der Waals surface area (Å²) in [5.74, 6) is 0. The molecule has 0 aliphatic rings. The molecule has 0 rings (SSSR count). The Morgan fingerprint density at radius 3 is 1.18 bits per heavy atom. The molecule has 0 aromatic rings. The summed E-state index contributed by atoms with van der Waals surface area (Å²) < 4.78 is 84.3. The van der Waals surface area contributed by atoms with E-state index in [9.17, 15) is 18.9 Å². The summed E-state index contributed by atoms with van der Waals surface area (Å²) in [6.07, 6.45) is 0. The number of rotatable bonds is 10. The molecule has 0 unspecified atom stereocenters. The molecule has 92 valence electrons. The van der Waals surface area contributed by atoms with Crippen molar-refractivity contribution < 1.29 is 102 Å². The zero-order chi connectivity index (χ0) is 13.3. The normalized spacial score (nSPS) is 9.41. The summed E-state index contributed by atoms with van der Waals surface area (Å²) in [7, 11) is 0. The van der Waals surface area contributed by atoms with Gasteiger partial charge < -0.3 is 0 Å². The van der Waals surface area contributed by atoms with Crippen LogP contribution in [0.1, 0.15) is 0 Å². The molecule has 0 aromatic carbocycles. The van der Waals surface area contributed by atoms with E-state index in [0.29, 0.717) is 0 Å². The minimum atomic E-state index is -4.02. The van der Waals surface area contributed by atoms with Crippen LogP contribution in [0.3, 0.4) is 0 Å². The van der Waals surface area contributed by atoms with Gasteiger partial charge in [-0.1, -0.05) is 0 Å². The molecule has 0 saturated carbocycles. The molecule has 0 aromatic heterocycles. The molecule has 11 nitrogen and oxygen atoms in total. The van der Waals surface area contributed by atoms with Crippen molar-refractivity contribution in [2.24, 2.45) is 0 Å². The van der Waals surface area contributed by atoms with Crippen LogP contribution in [0.4, 0.5) is 0 Å². The van der Waals surface area contributed by atoms with Gasteiger partial charge in [-0.3, -0.25) is 0 Å². The fourth-order valence-electron chi connectivity index (χ4n) is 0.344. The van der Waals surface area contributed by atoms with Crippen LogP contribution >= 0.6 is 0 Å². The molecule has 17 heavy (non-hydrogen) atoms. The zero-order valence-corrected chi connectivity index (χ0v) is 20.6. The van der Waals surface area contributed by atoms with Gasteiger partial charge in [-0.15, -0.1) is 0 Å². The summed E-state index contributed by atoms with van der Waals surface area (Å²) in [6.45, 7) is 0. The van der Waals surface area contributed by atoms with E-state index in [1.165, 1.54) is 0 Å². The van der Waals surface area contributed by atoms with Crippen LogP contribution in [0.15, 0.2) is 0 Å². The van der Waals surface area contributed by atoms with Gasteiger partial charge in [0.05, 0.1) is 0 Å². The van der Waals surface area contributed by atoms with Gasteiger partial charge in [-0.05, 0) is 0 Å². The van der Waals surface area contributed by atoms with Gasteiger partial charge in [0.2, 0.25) is 0 Å². The molecular formula is Bi2O11Ti4. The van der Waals surface area contributed by atoms with E-state index in [4.69, 9.17) is 0 Å². The van der Waals surface area contributed by atoms with Gasteiger partial charge in [0.1, 0.15) is 0 Å². The van der Waals surface area contributed by atoms with Crippen molar-refractivity contribution in [3.8, 4) is 0 Å². The first-order valence-corrected chi connectivity index (χ1v) is 16.5. The summed E-state index contributed by atoms with van der Waals surface area (Å²) in [5, 5.41) is 0. The minimum absolute atomic E-state index is 2.52. The maximum absolute atomic E-state index is 11.0. The Morgan fingerprint density at radius 1 is 0.588 bits per heavy atom. The molecule has 0 spiro atoms. The van der Waals surface area contributed by atoms with Gasteiger partial charge in [0.25, 0.3) is 0 Å². The molecule has 0 radical (unpaired) electrons. The maximum atomic E-state index is 11.0. The standard InChI is InChI=1S/2Bi.11O.4Ti. The summed E-state index contributed by atoms with van der Waals surface area (Å²) in [4.78, 5) is 0. The molecule has 0 bridgehead atoms. The molecule has 0 aliphatic carbocycles. The van der Waals surface area contributed by atoms with Gasteiger partial charge >= 0.3 is 149 Å². The molecule has 0 N–H and O–H groups in total. The van der Waals surface area contributed by atoms with Crippen molar-refractivity contribution in [1.82, 2.24) is 0 Å². The van der Waals surface area contributed by atoms with Gasteiger partial charge in [-0.25, -0.2) is 0 Å². The van der Waals surface area contributed by atoms with E-state index < -0.39 is 122 Å². The monoisotopic (exact) mass is 786 g/mol. The predicted molar refractivity (Wildman–Crippen MR) is 21.1 cm³/mol. The first-order valence-electron chi connectivity index (χ1n) is 3.18. The van der Waals surface area contributed by atoms with Crippen LogP contribution in [-0.4, -0.2) is 47.4 Å². The Labute approximate surface area is 146 Å². The molecule has 17 heteroatoms. The second kappa shape index (κ2) is 12.9. The third-order valence-corrected chi connectivity index (χ3v) is 16.6. The Balaban J connectivity index is 3.99. The first kappa shape index (κ1) is 20.2. The summed E-state index contributed by atoms with van der Waals surface area (Å²) >= 11 is -20.6. The Bertz CT molecular complexity index is 326. The number of hydrogen-bond donors (Lipinski definition) is 0. The van der Waals surface area contributed by atoms with Gasteiger partial charge in [0.15, 0.2) is 0 Å². The quantitative estimate of drug-likeness (QED) is 0.231. The topological polar surface area (TPSA) is 149 Å².